The number of aryl methyl sites for hydroxylation is 1. The van der Waals surface area contributed by atoms with Crippen LogP contribution in [-0.4, -0.2) is 29.1 Å². The maximum absolute atomic E-state index is 12.5. The van der Waals surface area contributed by atoms with E-state index in [0.29, 0.717) is 6.54 Å². The lowest BCUT2D eigenvalue weighted by Crippen LogP contribution is -2.29. The highest BCUT2D eigenvalue weighted by Gasteiger charge is 2.45. The minimum atomic E-state index is 0.0481. The molecule has 0 spiro atoms. The molecule has 1 N–H and O–H groups in total. The van der Waals surface area contributed by atoms with Crippen molar-refractivity contribution in [2.75, 3.05) is 13.7 Å². The summed E-state index contributed by atoms with van der Waals surface area (Å²) in [6, 6.07) is 16.0. The molecule has 0 aliphatic heterocycles. The molecule has 2 aromatic carbocycles. The lowest BCUT2D eigenvalue weighted by molar-refractivity contribution is -0.122. The van der Waals surface area contributed by atoms with Crippen molar-refractivity contribution in [2.24, 2.45) is 5.92 Å². The van der Waals surface area contributed by atoms with E-state index in [4.69, 9.17) is 4.74 Å². The minimum Gasteiger partial charge on any atom is -0.496 e. The van der Waals surface area contributed by atoms with E-state index in [0.717, 1.165) is 41.1 Å². The lowest BCUT2D eigenvalue weighted by atomic mass is 10.1. The van der Waals surface area contributed by atoms with E-state index >= 15 is 0 Å². The molecule has 0 bridgehead atoms. The first-order chi connectivity index (χ1) is 12.7. The molecule has 1 fully saturated rings. The molecule has 2 unspecified atom stereocenters. The number of nitrogens with zero attached hydrogens (tertiary/aromatic N) is 2. The summed E-state index contributed by atoms with van der Waals surface area (Å²) in [5.41, 5.74) is 3.24. The van der Waals surface area contributed by atoms with Gasteiger partial charge in [0, 0.05) is 19.0 Å². The van der Waals surface area contributed by atoms with Crippen LogP contribution in [0.2, 0.25) is 0 Å². The van der Waals surface area contributed by atoms with Gasteiger partial charge in [0.25, 0.3) is 0 Å². The van der Waals surface area contributed by atoms with E-state index in [1.807, 2.05) is 43.3 Å². The van der Waals surface area contributed by atoms with E-state index in [-0.39, 0.29) is 17.7 Å². The number of para-hydroxylation sites is 3. The Kier molecular flexibility index (Phi) is 4.37. The molecule has 1 amide bonds. The summed E-state index contributed by atoms with van der Waals surface area (Å²) < 4.78 is 7.57. The molecule has 5 heteroatoms. The van der Waals surface area contributed by atoms with Gasteiger partial charge in [0.15, 0.2) is 0 Å². The van der Waals surface area contributed by atoms with Gasteiger partial charge in [-0.1, -0.05) is 30.3 Å². The van der Waals surface area contributed by atoms with Crippen molar-refractivity contribution >= 4 is 16.9 Å². The first-order valence-corrected chi connectivity index (χ1v) is 9.01. The molecule has 3 aromatic rings. The van der Waals surface area contributed by atoms with Crippen molar-refractivity contribution in [1.29, 1.82) is 0 Å². The van der Waals surface area contributed by atoms with E-state index < -0.39 is 0 Å². The summed E-state index contributed by atoms with van der Waals surface area (Å²) in [6.07, 6.45) is 0.888. The van der Waals surface area contributed by atoms with Gasteiger partial charge < -0.3 is 14.6 Å². The number of hydrogen-bond acceptors (Lipinski definition) is 3. The third-order valence-corrected chi connectivity index (χ3v) is 5.15. The fraction of sp³-hybridized carbons (Fsp3) is 0.333. The molecule has 2 atom stereocenters. The molecule has 134 valence electrons. The molecular formula is C21H23N3O2. The molecular weight excluding hydrogens is 326 g/mol. The van der Waals surface area contributed by atoms with Crippen molar-refractivity contribution in [3.63, 3.8) is 0 Å². The monoisotopic (exact) mass is 349 g/mol. The van der Waals surface area contributed by atoms with Gasteiger partial charge in [-0.15, -0.1) is 0 Å². The SMILES string of the molecule is COc1ccccc1C1CC1C(=O)NCCn1c(C)nc2ccccc21. The maximum Gasteiger partial charge on any atom is 0.223 e. The van der Waals surface area contributed by atoms with Gasteiger partial charge in [0.1, 0.15) is 11.6 Å². The Hall–Kier alpha value is -2.82. The number of imidazole rings is 1. The Morgan fingerprint density at radius 3 is 2.85 bits per heavy atom. The summed E-state index contributed by atoms with van der Waals surface area (Å²) in [5.74, 6) is 2.28. The van der Waals surface area contributed by atoms with E-state index in [9.17, 15) is 4.79 Å². The number of carbonyl (C=O) groups excluding carboxylic acids is 1. The van der Waals surface area contributed by atoms with Crippen LogP contribution in [-0.2, 0) is 11.3 Å². The summed E-state index contributed by atoms with van der Waals surface area (Å²) in [7, 11) is 1.67. The maximum atomic E-state index is 12.5. The van der Waals surface area contributed by atoms with Gasteiger partial charge in [-0.2, -0.15) is 0 Å². The zero-order valence-corrected chi connectivity index (χ0v) is 15.1. The smallest absolute Gasteiger partial charge is 0.223 e. The number of rotatable bonds is 6. The van der Waals surface area contributed by atoms with Crippen molar-refractivity contribution in [3.8, 4) is 5.75 Å². The quantitative estimate of drug-likeness (QED) is 0.743. The van der Waals surface area contributed by atoms with Crippen LogP contribution in [0, 0.1) is 12.8 Å². The Balaban J connectivity index is 1.36. The number of ether oxygens (including phenoxy) is 1. The molecule has 4 rings (SSSR count). The zero-order chi connectivity index (χ0) is 18.1. The van der Waals surface area contributed by atoms with Crippen LogP contribution >= 0.6 is 0 Å². The fourth-order valence-electron chi connectivity index (χ4n) is 3.70. The lowest BCUT2D eigenvalue weighted by Gasteiger charge is -2.10. The number of carbonyl (C=O) groups is 1. The van der Waals surface area contributed by atoms with Gasteiger partial charge in [-0.25, -0.2) is 4.98 Å². The Morgan fingerprint density at radius 2 is 2.00 bits per heavy atom. The van der Waals surface area contributed by atoms with Gasteiger partial charge in [-0.05, 0) is 43.0 Å². The predicted molar refractivity (Wildman–Crippen MR) is 101 cm³/mol. The van der Waals surface area contributed by atoms with Crippen LogP contribution in [0.1, 0.15) is 23.7 Å². The number of benzene rings is 2. The molecule has 5 nitrogen and oxygen atoms in total. The normalized spacial score (nSPS) is 18.7. The summed E-state index contributed by atoms with van der Waals surface area (Å²) in [4.78, 5) is 17.1. The predicted octanol–water partition coefficient (Wildman–Crippen LogP) is 3.27. The summed E-state index contributed by atoms with van der Waals surface area (Å²) >= 11 is 0. The van der Waals surface area contributed by atoms with Crippen LogP contribution in [0.5, 0.6) is 5.75 Å². The molecule has 1 aromatic heterocycles. The van der Waals surface area contributed by atoms with Crippen LogP contribution in [0.4, 0.5) is 0 Å². The Morgan fingerprint density at radius 1 is 1.23 bits per heavy atom. The van der Waals surface area contributed by atoms with E-state index in [2.05, 4.69) is 27.0 Å². The number of aromatic nitrogens is 2. The van der Waals surface area contributed by atoms with Gasteiger partial charge in [-0.3, -0.25) is 4.79 Å². The first kappa shape index (κ1) is 16.6. The average Bonchev–Trinajstić information content (AvgIpc) is 3.40. The third-order valence-electron chi connectivity index (χ3n) is 5.15. The van der Waals surface area contributed by atoms with Crippen molar-refractivity contribution in [2.45, 2.75) is 25.8 Å². The number of methoxy groups -OCH3 is 1. The number of hydrogen-bond donors (Lipinski definition) is 1. The third kappa shape index (κ3) is 3.05. The Labute approximate surface area is 153 Å². The van der Waals surface area contributed by atoms with Gasteiger partial charge in [0.2, 0.25) is 5.91 Å². The second-order valence-electron chi connectivity index (χ2n) is 6.78. The first-order valence-electron chi connectivity index (χ1n) is 9.01. The van der Waals surface area contributed by atoms with Crippen molar-refractivity contribution in [1.82, 2.24) is 14.9 Å². The van der Waals surface area contributed by atoms with Crippen LogP contribution in [0.3, 0.4) is 0 Å². The largest absolute Gasteiger partial charge is 0.496 e. The minimum absolute atomic E-state index is 0.0481. The zero-order valence-electron chi connectivity index (χ0n) is 15.1. The number of nitrogens with one attached hydrogen (secondary N) is 1. The highest BCUT2D eigenvalue weighted by Crippen LogP contribution is 2.50. The molecule has 1 aliphatic carbocycles. The standard InChI is InChI=1S/C21H23N3O2/c1-14-23-18-8-4-5-9-19(18)24(14)12-11-22-21(25)17-13-16(17)15-7-3-6-10-20(15)26-2/h3-10,16-17H,11-13H2,1-2H3,(H,22,25). The van der Waals surface area contributed by atoms with Crippen molar-refractivity contribution in [3.05, 3.63) is 59.9 Å². The molecule has 1 saturated carbocycles. The summed E-state index contributed by atoms with van der Waals surface area (Å²) in [5, 5.41) is 3.08. The number of amides is 1. The van der Waals surface area contributed by atoms with Gasteiger partial charge in [0.05, 0.1) is 18.1 Å². The molecule has 0 radical (unpaired) electrons. The van der Waals surface area contributed by atoms with Crippen LogP contribution in [0.25, 0.3) is 11.0 Å². The average molecular weight is 349 g/mol. The van der Waals surface area contributed by atoms with E-state index in [1.54, 1.807) is 7.11 Å². The molecule has 1 heterocycles. The number of fused-ring (bicyclic) bond motifs is 1. The van der Waals surface area contributed by atoms with Crippen molar-refractivity contribution < 1.29 is 9.53 Å². The van der Waals surface area contributed by atoms with Gasteiger partial charge >= 0.3 is 0 Å². The molecule has 1 aliphatic rings. The topological polar surface area (TPSA) is 56.1 Å². The van der Waals surface area contributed by atoms with Crippen LogP contribution in [0.15, 0.2) is 48.5 Å². The second kappa shape index (κ2) is 6.83. The Bertz CT molecular complexity index is 947. The molecule has 0 saturated heterocycles. The van der Waals surface area contributed by atoms with Crippen LogP contribution < -0.4 is 10.1 Å². The summed E-state index contributed by atoms with van der Waals surface area (Å²) in [6.45, 7) is 3.33. The highest BCUT2D eigenvalue weighted by atomic mass is 16.5. The highest BCUT2D eigenvalue weighted by molar-refractivity contribution is 5.83. The molecule has 26 heavy (non-hydrogen) atoms. The fourth-order valence-corrected chi connectivity index (χ4v) is 3.70. The van der Waals surface area contributed by atoms with E-state index in [1.165, 1.54) is 0 Å². The second-order valence-corrected chi connectivity index (χ2v) is 6.78.